The van der Waals surface area contributed by atoms with E-state index in [2.05, 4.69) is 29.3 Å². The molecule has 4 rings (SSSR count). The van der Waals surface area contributed by atoms with Gasteiger partial charge in [0.1, 0.15) is 11.5 Å². The summed E-state index contributed by atoms with van der Waals surface area (Å²) in [5.41, 5.74) is 1.27. The monoisotopic (exact) mass is 543 g/mol. The maximum Gasteiger partial charge on any atom is 0.269 e. The number of ether oxygens (including phenoxy) is 1. The van der Waals surface area contributed by atoms with Gasteiger partial charge in [-0.1, -0.05) is 51.2 Å². The smallest absolute Gasteiger partial charge is 0.269 e. The van der Waals surface area contributed by atoms with Crippen LogP contribution in [0.25, 0.3) is 0 Å². The van der Waals surface area contributed by atoms with E-state index in [4.69, 9.17) is 4.74 Å². The summed E-state index contributed by atoms with van der Waals surface area (Å²) in [6.07, 6.45) is 11.7. The molecule has 208 valence electrons. The van der Waals surface area contributed by atoms with Gasteiger partial charge in [0.25, 0.3) is 5.69 Å². The van der Waals surface area contributed by atoms with Crippen molar-refractivity contribution in [3.8, 4) is 11.5 Å². The van der Waals surface area contributed by atoms with E-state index in [1.54, 1.807) is 12.1 Å². The Morgan fingerprint density at radius 3 is 2.18 bits per heavy atom. The van der Waals surface area contributed by atoms with Crippen LogP contribution in [0.3, 0.4) is 0 Å². The summed E-state index contributed by atoms with van der Waals surface area (Å²) in [5, 5.41) is 14.2. The lowest BCUT2D eigenvalue weighted by Crippen LogP contribution is -2.47. The number of nitro groups is 1. The van der Waals surface area contributed by atoms with Crippen LogP contribution in [0.15, 0.2) is 48.5 Å². The number of amides is 1. The highest BCUT2D eigenvalue weighted by Crippen LogP contribution is 2.33. The molecule has 2 aromatic rings. The van der Waals surface area contributed by atoms with E-state index in [1.807, 2.05) is 12.1 Å². The number of hydrogen-bond acceptors (Lipinski definition) is 5. The van der Waals surface area contributed by atoms with E-state index in [1.165, 1.54) is 49.8 Å². The second-order valence-electron chi connectivity index (χ2n) is 10.7. The molecule has 2 aliphatic rings. The van der Waals surface area contributed by atoms with Crippen LogP contribution < -0.4 is 10.1 Å². The van der Waals surface area contributed by atoms with Gasteiger partial charge in [-0.3, -0.25) is 19.8 Å². The summed E-state index contributed by atoms with van der Waals surface area (Å²) in [5.74, 6) is 2.36. The molecule has 1 heterocycles. The molecule has 1 saturated carbocycles. The molecule has 0 spiro atoms. The van der Waals surface area contributed by atoms with Crippen LogP contribution in [-0.4, -0.2) is 34.9 Å². The summed E-state index contributed by atoms with van der Waals surface area (Å²) >= 11 is 0. The lowest BCUT2D eigenvalue weighted by atomic mass is 9.77. The zero-order valence-electron chi connectivity index (χ0n) is 22.5. The molecule has 38 heavy (non-hydrogen) atoms. The Morgan fingerprint density at radius 2 is 1.61 bits per heavy atom. The quantitative estimate of drug-likeness (QED) is 0.238. The predicted molar refractivity (Wildman–Crippen MR) is 153 cm³/mol. The summed E-state index contributed by atoms with van der Waals surface area (Å²) in [6.45, 7) is 5.05. The summed E-state index contributed by atoms with van der Waals surface area (Å²) < 4.78 is 5.82. The molecule has 8 heteroatoms. The van der Waals surface area contributed by atoms with E-state index >= 15 is 0 Å². The normalized spacial score (nSPS) is 17.8. The van der Waals surface area contributed by atoms with Crippen molar-refractivity contribution in [2.75, 3.05) is 13.1 Å². The van der Waals surface area contributed by atoms with Gasteiger partial charge in [-0.05, 0) is 67.9 Å². The fourth-order valence-corrected chi connectivity index (χ4v) is 5.78. The topological polar surface area (TPSA) is 84.7 Å². The largest absolute Gasteiger partial charge is 0.457 e. The van der Waals surface area contributed by atoms with Crippen LogP contribution in [0.1, 0.15) is 76.7 Å². The van der Waals surface area contributed by atoms with Gasteiger partial charge in [0.2, 0.25) is 5.91 Å². The molecule has 1 N–H and O–H groups in total. The van der Waals surface area contributed by atoms with E-state index in [0.29, 0.717) is 23.3 Å². The summed E-state index contributed by atoms with van der Waals surface area (Å²) in [4.78, 5) is 26.1. The molecule has 1 unspecified atom stereocenters. The molecule has 1 atom stereocenters. The molecule has 1 saturated heterocycles. The minimum absolute atomic E-state index is 0. The number of carbonyl (C=O) groups is 1. The lowest BCUT2D eigenvalue weighted by Gasteiger charge is -2.35. The number of piperidine rings is 1. The molecule has 0 radical (unpaired) electrons. The minimum Gasteiger partial charge on any atom is -0.457 e. The summed E-state index contributed by atoms with van der Waals surface area (Å²) in [6, 6.07) is 14.4. The first-order valence-corrected chi connectivity index (χ1v) is 14.1. The Kier molecular flexibility index (Phi) is 11.9. The van der Waals surface area contributed by atoms with Gasteiger partial charge in [0.15, 0.2) is 0 Å². The molecule has 7 nitrogen and oxygen atoms in total. The zero-order chi connectivity index (χ0) is 26.0. The van der Waals surface area contributed by atoms with Gasteiger partial charge in [0.05, 0.1) is 4.92 Å². The number of carbonyl (C=O) groups excluding carboxylic acids is 1. The van der Waals surface area contributed by atoms with Crippen molar-refractivity contribution in [3.05, 3.63) is 64.2 Å². The fraction of sp³-hybridized carbons (Fsp3) is 0.567. The number of halogens is 1. The molecule has 0 aromatic heterocycles. The molecular weight excluding hydrogens is 502 g/mol. The fourth-order valence-electron chi connectivity index (χ4n) is 5.78. The van der Waals surface area contributed by atoms with Crippen molar-refractivity contribution in [1.82, 2.24) is 10.2 Å². The maximum atomic E-state index is 13.2. The van der Waals surface area contributed by atoms with E-state index in [9.17, 15) is 14.9 Å². The Balaban J connectivity index is 0.00000400. The maximum absolute atomic E-state index is 13.2. The number of likely N-dealkylation sites (tertiary alicyclic amines) is 1. The van der Waals surface area contributed by atoms with E-state index < -0.39 is 4.92 Å². The zero-order valence-corrected chi connectivity index (χ0v) is 23.3. The highest BCUT2D eigenvalue weighted by molar-refractivity contribution is 5.85. The van der Waals surface area contributed by atoms with Crippen molar-refractivity contribution in [3.63, 3.8) is 0 Å². The number of unbranched alkanes of at least 4 members (excludes halogenated alkanes) is 1. The Labute approximate surface area is 232 Å². The molecule has 1 aliphatic heterocycles. The second-order valence-corrected chi connectivity index (χ2v) is 10.7. The van der Waals surface area contributed by atoms with Gasteiger partial charge < -0.3 is 10.1 Å². The van der Waals surface area contributed by atoms with Gasteiger partial charge >= 0.3 is 0 Å². The van der Waals surface area contributed by atoms with Crippen molar-refractivity contribution < 1.29 is 14.5 Å². The first kappa shape index (κ1) is 29.9. The third-order valence-corrected chi connectivity index (χ3v) is 7.97. The average molecular weight is 544 g/mol. The highest BCUT2D eigenvalue weighted by Gasteiger charge is 2.31. The van der Waals surface area contributed by atoms with Crippen LogP contribution in [0.5, 0.6) is 11.5 Å². The number of hydrogen-bond donors (Lipinski definition) is 1. The predicted octanol–water partition coefficient (Wildman–Crippen LogP) is 7.28. The second kappa shape index (κ2) is 15.1. The Morgan fingerprint density at radius 1 is 1.00 bits per heavy atom. The molecule has 2 fully saturated rings. The van der Waals surface area contributed by atoms with Gasteiger partial charge in [0, 0.05) is 43.7 Å². The SMILES string of the molecule is CCCCC(C(=O)NC1CCN(Cc2ccc(Oc3ccc([N+](=O)[O-])cc3)cc2)CC1)C1CCCCC1.Cl. The molecule has 0 bridgehead atoms. The Hall–Kier alpha value is -2.64. The van der Waals surface area contributed by atoms with Crippen molar-refractivity contribution in [2.24, 2.45) is 11.8 Å². The standard InChI is InChI=1S/C30H41N3O4.ClH/c1-2-3-9-29(24-7-5-4-6-8-24)30(34)31-25-18-20-32(21-19-25)22-23-10-14-27(15-11-23)37-28-16-12-26(13-17-28)33(35)36;/h10-17,24-25,29H,2-9,18-22H2,1H3,(H,31,34);1H. The van der Waals surface area contributed by atoms with Crippen LogP contribution in [0, 0.1) is 22.0 Å². The van der Waals surface area contributed by atoms with Gasteiger partial charge in [-0.2, -0.15) is 0 Å². The molecule has 1 aliphatic carbocycles. The third kappa shape index (κ3) is 8.70. The van der Waals surface area contributed by atoms with Gasteiger partial charge in [-0.25, -0.2) is 0 Å². The Bertz CT molecular complexity index is 1000. The number of non-ortho nitro benzene ring substituents is 1. The van der Waals surface area contributed by atoms with Crippen LogP contribution in [0.2, 0.25) is 0 Å². The van der Waals surface area contributed by atoms with Crippen LogP contribution in [-0.2, 0) is 11.3 Å². The lowest BCUT2D eigenvalue weighted by molar-refractivity contribution is -0.384. The first-order chi connectivity index (χ1) is 18.0. The number of benzene rings is 2. The molecule has 1 amide bonds. The molecule has 2 aromatic carbocycles. The number of nitro benzene ring substituents is 1. The number of nitrogens with zero attached hydrogens (tertiary/aromatic N) is 2. The van der Waals surface area contributed by atoms with E-state index in [0.717, 1.165) is 51.7 Å². The average Bonchev–Trinajstić information content (AvgIpc) is 2.92. The third-order valence-electron chi connectivity index (χ3n) is 7.97. The van der Waals surface area contributed by atoms with Crippen LogP contribution in [0.4, 0.5) is 5.69 Å². The summed E-state index contributed by atoms with van der Waals surface area (Å²) in [7, 11) is 0. The van der Waals surface area contributed by atoms with Gasteiger partial charge in [-0.15, -0.1) is 12.4 Å². The van der Waals surface area contributed by atoms with Crippen molar-refractivity contribution in [2.45, 2.75) is 83.7 Å². The number of nitrogens with one attached hydrogen (secondary N) is 1. The highest BCUT2D eigenvalue weighted by atomic mass is 35.5. The first-order valence-electron chi connectivity index (χ1n) is 14.1. The minimum atomic E-state index is -0.420. The van der Waals surface area contributed by atoms with Crippen molar-refractivity contribution >= 4 is 24.0 Å². The number of rotatable bonds is 11. The molecular formula is C30H42ClN3O4. The van der Waals surface area contributed by atoms with E-state index in [-0.39, 0.29) is 30.1 Å². The van der Waals surface area contributed by atoms with Crippen LogP contribution >= 0.6 is 12.4 Å². The van der Waals surface area contributed by atoms with Crippen molar-refractivity contribution in [1.29, 1.82) is 0 Å².